The Morgan fingerprint density at radius 1 is 1.09 bits per heavy atom. The topological polar surface area (TPSA) is 72.5 Å². The van der Waals surface area contributed by atoms with E-state index in [0.717, 1.165) is 37.3 Å². The molecule has 3 rings (SSSR count). The maximum absolute atomic E-state index is 15.3. The molecule has 0 bridgehead atoms. The molecule has 0 saturated carbocycles. The fourth-order valence-corrected chi connectivity index (χ4v) is 4.80. The number of carbonyl (C=O) groups is 2. The largest absolute Gasteiger partial charge is 0.416 e. The van der Waals surface area contributed by atoms with Crippen LogP contribution in [-0.4, -0.2) is 21.6 Å². The van der Waals surface area contributed by atoms with Crippen molar-refractivity contribution in [3.8, 4) is 0 Å². The van der Waals surface area contributed by atoms with Crippen molar-refractivity contribution in [2.75, 3.05) is 0 Å². The number of alkyl halides is 5. The number of nitrogens with zero attached hydrogens (tertiary/aromatic N) is 1. The molecule has 0 saturated heterocycles. The molecule has 0 aliphatic carbocycles. The molecule has 0 spiro atoms. The summed E-state index contributed by atoms with van der Waals surface area (Å²) in [5.74, 6) is -6.23. The molecule has 0 radical (unpaired) electrons. The van der Waals surface area contributed by atoms with Gasteiger partial charge in [-0.25, -0.2) is 4.99 Å². The summed E-state index contributed by atoms with van der Waals surface area (Å²) in [6.07, 6.45) is -4.67. The van der Waals surface area contributed by atoms with E-state index in [4.69, 9.17) is 5.73 Å². The zero-order chi connectivity index (χ0) is 23.9. The number of hydrogen-bond donors (Lipinski definition) is 1. The molecule has 10 heteroatoms. The summed E-state index contributed by atoms with van der Waals surface area (Å²) in [5, 5.41) is 0.0374. The minimum absolute atomic E-state index is 0.00171. The van der Waals surface area contributed by atoms with Crippen LogP contribution in [0.25, 0.3) is 0 Å². The average molecular weight is 470 g/mol. The number of amides is 2. The van der Waals surface area contributed by atoms with Crippen LogP contribution in [0.2, 0.25) is 0 Å². The van der Waals surface area contributed by atoms with Crippen molar-refractivity contribution in [1.82, 2.24) is 0 Å². The number of nitrogens with two attached hydrogens (primary N) is 1. The summed E-state index contributed by atoms with van der Waals surface area (Å²) < 4.78 is 68.3. The number of thioether (sulfide) groups is 1. The zero-order valence-electron chi connectivity index (χ0n) is 17.0. The second-order valence-corrected chi connectivity index (χ2v) is 9.14. The summed E-state index contributed by atoms with van der Waals surface area (Å²) in [5.41, 5.74) is 3.84. The standard InChI is InChI=1S/C22H19F5N2O2S/c1-12(15-5-3-4-6-16(15)22(25,26)27)11-17-29-19(31)20(2,32-17)21(23,24)14-9-7-13(8-10-14)18(28)30/h3-10,12H,11H2,1-2H3,(H2,28,30)/t12-,20?/m1/s1. The van der Waals surface area contributed by atoms with Gasteiger partial charge >= 0.3 is 6.18 Å². The van der Waals surface area contributed by atoms with Crippen molar-refractivity contribution in [3.63, 3.8) is 0 Å². The highest BCUT2D eigenvalue weighted by molar-refractivity contribution is 8.16. The molecule has 1 heterocycles. The number of benzene rings is 2. The lowest BCUT2D eigenvalue weighted by molar-refractivity contribution is -0.138. The third-order valence-corrected chi connectivity index (χ3v) is 6.70. The third-order valence-electron chi connectivity index (χ3n) is 5.37. The molecule has 1 aliphatic heterocycles. The van der Waals surface area contributed by atoms with Gasteiger partial charge < -0.3 is 5.73 Å². The van der Waals surface area contributed by atoms with Crippen molar-refractivity contribution in [2.24, 2.45) is 10.7 Å². The van der Waals surface area contributed by atoms with Gasteiger partial charge in [0.05, 0.1) is 10.6 Å². The first-order valence-electron chi connectivity index (χ1n) is 9.52. The number of rotatable bonds is 6. The summed E-state index contributed by atoms with van der Waals surface area (Å²) in [7, 11) is 0. The Labute approximate surface area is 185 Å². The monoisotopic (exact) mass is 470 g/mol. The van der Waals surface area contributed by atoms with Gasteiger partial charge in [-0.05, 0) is 36.6 Å². The van der Waals surface area contributed by atoms with E-state index in [0.29, 0.717) is 11.8 Å². The lowest BCUT2D eigenvalue weighted by Crippen LogP contribution is -2.44. The third kappa shape index (κ3) is 4.28. The van der Waals surface area contributed by atoms with Crippen molar-refractivity contribution >= 4 is 28.6 Å². The van der Waals surface area contributed by atoms with E-state index in [-0.39, 0.29) is 22.6 Å². The van der Waals surface area contributed by atoms with E-state index in [9.17, 15) is 22.8 Å². The summed E-state index contributed by atoms with van der Waals surface area (Å²) in [6.45, 7) is 2.57. The average Bonchev–Trinajstić information content (AvgIpc) is 3.02. The van der Waals surface area contributed by atoms with E-state index < -0.39 is 45.7 Å². The van der Waals surface area contributed by atoms with Crippen molar-refractivity contribution < 1.29 is 31.5 Å². The fourth-order valence-electron chi connectivity index (χ4n) is 3.48. The second kappa shape index (κ2) is 8.31. The van der Waals surface area contributed by atoms with Gasteiger partial charge in [-0.2, -0.15) is 22.0 Å². The molecule has 0 aromatic heterocycles. The van der Waals surface area contributed by atoms with Gasteiger partial charge in [0.1, 0.15) is 0 Å². The minimum Gasteiger partial charge on any atom is -0.366 e. The first-order valence-corrected chi connectivity index (χ1v) is 10.3. The first-order chi connectivity index (χ1) is 14.8. The van der Waals surface area contributed by atoms with Crippen LogP contribution in [0.3, 0.4) is 0 Å². The Kier molecular flexibility index (Phi) is 6.21. The number of halogens is 5. The molecular weight excluding hydrogens is 451 g/mol. The molecule has 170 valence electrons. The highest BCUT2D eigenvalue weighted by Crippen LogP contribution is 2.52. The zero-order valence-corrected chi connectivity index (χ0v) is 17.9. The minimum atomic E-state index is -4.57. The molecule has 4 nitrogen and oxygen atoms in total. The van der Waals surface area contributed by atoms with Crippen molar-refractivity contribution in [3.05, 3.63) is 70.8 Å². The molecule has 0 fully saturated rings. The SMILES string of the molecule is C[C@H](CC1=NC(=O)C(C)(C(F)(F)c2ccc(C(N)=O)cc2)S1)c1ccccc1C(F)(F)F. The molecule has 2 aromatic carbocycles. The number of hydrogen-bond acceptors (Lipinski definition) is 3. The quantitative estimate of drug-likeness (QED) is 0.565. The van der Waals surface area contributed by atoms with E-state index in [2.05, 4.69) is 4.99 Å². The predicted octanol–water partition coefficient (Wildman–Crippen LogP) is 5.52. The molecule has 2 amide bonds. The first kappa shape index (κ1) is 23.9. The van der Waals surface area contributed by atoms with Gasteiger partial charge in [0.25, 0.3) is 11.8 Å². The number of primary amides is 1. The van der Waals surface area contributed by atoms with E-state index in [1.807, 2.05) is 0 Å². The molecule has 2 N–H and O–H groups in total. The molecule has 32 heavy (non-hydrogen) atoms. The van der Waals surface area contributed by atoms with Crippen LogP contribution in [0.1, 0.15) is 53.2 Å². The van der Waals surface area contributed by atoms with E-state index in [1.165, 1.54) is 25.1 Å². The second-order valence-electron chi connectivity index (χ2n) is 7.65. The van der Waals surface area contributed by atoms with Crippen molar-refractivity contribution in [1.29, 1.82) is 0 Å². The van der Waals surface area contributed by atoms with Crippen LogP contribution in [-0.2, 0) is 16.9 Å². The molecule has 1 aliphatic rings. The van der Waals surface area contributed by atoms with Crippen LogP contribution in [0.4, 0.5) is 22.0 Å². The maximum Gasteiger partial charge on any atom is 0.416 e. The lowest BCUT2D eigenvalue weighted by atomic mass is 9.93. The Morgan fingerprint density at radius 2 is 1.69 bits per heavy atom. The molecular formula is C22H19F5N2O2S. The number of aliphatic imine (C=N–C) groups is 1. The Morgan fingerprint density at radius 3 is 2.25 bits per heavy atom. The van der Waals surface area contributed by atoms with Gasteiger partial charge in [-0.1, -0.05) is 49.0 Å². The summed E-state index contributed by atoms with van der Waals surface area (Å²) in [4.78, 5) is 27.4. The van der Waals surface area contributed by atoms with E-state index >= 15 is 8.78 Å². The Balaban J connectivity index is 1.83. The highest BCUT2D eigenvalue weighted by atomic mass is 32.2. The van der Waals surface area contributed by atoms with Crippen LogP contribution < -0.4 is 5.73 Å². The summed E-state index contributed by atoms with van der Waals surface area (Å²) in [6, 6.07) is 9.31. The van der Waals surface area contributed by atoms with Gasteiger partial charge in [-0.15, -0.1) is 0 Å². The highest BCUT2D eigenvalue weighted by Gasteiger charge is 2.60. The van der Waals surface area contributed by atoms with Crippen molar-refractivity contribution in [2.45, 2.75) is 43.0 Å². The van der Waals surface area contributed by atoms with Gasteiger partial charge in [0, 0.05) is 17.5 Å². The normalized spacial score (nSPS) is 20.2. The Hall–Kier alpha value is -2.75. The van der Waals surface area contributed by atoms with Gasteiger partial charge in [-0.3, -0.25) is 9.59 Å². The van der Waals surface area contributed by atoms with Gasteiger partial charge in [0.15, 0.2) is 4.75 Å². The van der Waals surface area contributed by atoms with Crippen LogP contribution in [0, 0.1) is 0 Å². The predicted molar refractivity (Wildman–Crippen MR) is 112 cm³/mol. The van der Waals surface area contributed by atoms with Crippen LogP contribution in [0.15, 0.2) is 53.5 Å². The van der Waals surface area contributed by atoms with E-state index in [1.54, 1.807) is 0 Å². The molecule has 2 atom stereocenters. The summed E-state index contributed by atoms with van der Waals surface area (Å²) >= 11 is 0.547. The smallest absolute Gasteiger partial charge is 0.366 e. The molecule has 1 unspecified atom stereocenters. The fraction of sp³-hybridized carbons (Fsp3) is 0.318. The van der Waals surface area contributed by atoms with Crippen LogP contribution in [0.5, 0.6) is 0 Å². The van der Waals surface area contributed by atoms with Gasteiger partial charge in [0.2, 0.25) is 5.91 Å². The van der Waals surface area contributed by atoms with Crippen LogP contribution >= 0.6 is 11.8 Å². The lowest BCUT2D eigenvalue weighted by Gasteiger charge is -2.31. The maximum atomic E-state index is 15.3. The molecule has 2 aromatic rings. The Bertz CT molecular complexity index is 1080. The number of carbonyl (C=O) groups excluding carboxylic acids is 2.